The van der Waals surface area contributed by atoms with Gasteiger partial charge in [-0.15, -0.1) is 0 Å². The lowest BCUT2D eigenvalue weighted by Crippen LogP contribution is -2.41. The molecule has 2 fully saturated rings. The van der Waals surface area contributed by atoms with Crippen LogP contribution in [0.3, 0.4) is 0 Å². The van der Waals surface area contributed by atoms with Crippen molar-refractivity contribution in [2.45, 2.75) is 19.4 Å². The number of rotatable bonds is 0. The van der Waals surface area contributed by atoms with Gasteiger partial charge in [0.05, 0.1) is 6.61 Å². The largest absolute Gasteiger partial charge is 0.370 e. The fourth-order valence-corrected chi connectivity index (χ4v) is 1.63. The Morgan fingerprint density at radius 2 is 2.44 bits per heavy atom. The summed E-state index contributed by atoms with van der Waals surface area (Å²) in [7, 11) is 0. The number of hydrogen-bond donors (Lipinski definition) is 0. The molecule has 0 unspecified atom stereocenters. The molecule has 1 aliphatic heterocycles. The number of carbonyl (C=O) groups is 1. The SMILES string of the molecule is C[C@H]1CO[C@@H]2C(=O)C[C@@H]21. The topological polar surface area (TPSA) is 26.3 Å². The fourth-order valence-electron chi connectivity index (χ4n) is 1.63. The first-order valence-electron chi connectivity index (χ1n) is 3.43. The van der Waals surface area contributed by atoms with Gasteiger partial charge in [0.15, 0.2) is 5.78 Å². The van der Waals surface area contributed by atoms with Crippen LogP contribution in [0.25, 0.3) is 0 Å². The molecule has 50 valence electrons. The summed E-state index contributed by atoms with van der Waals surface area (Å²) in [6, 6.07) is 0. The Morgan fingerprint density at radius 1 is 1.67 bits per heavy atom. The molecule has 3 atom stereocenters. The Kier molecular flexibility index (Phi) is 0.943. The summed E-state index contributed by atoms with van der Waals surface area (Å²) < 4.78 is 5.23. The molecule has 0 N–H and O–H groups in total. The van der Waals surface area contributed by atoms with E-state index in [1.807, 2.05) is 0 Å². The third-order valence-corrected chi connectivity index (χ3v) is 2.41. The van der Waals surface area contributed by atoms with E-state index in [1.54, 1.807) is 0 Å². The molecule has 2 rings (SSSR count). The second kappa shape index (κ2) is 1.57. The van der Waals surface area contributed by atoms with E-state index in [4.69, 9.17) is 4.74 Å². The van der Waals surface area contributed by atoms with E-state index >= 15 is 0 Å². The first-order valence-corrected chi connectivity index (χ1v) is 3.43. The molecule has 0 aromatic carbocycles. The molecule has 0 aromatic rings. The third kappa shape index (κ3) is 0.568. The summed E-state index contributed by atoms with van der Waals surface area (Å²) in [6.07, 6.45) is 0.770. The highest BCUT2D eigenvalue weighted by Crippen LogP contribution is 2.38. The van der Waals surface area contributed by atoms with Gasteiger partial charge in [-0.2, -0.15) is 0 Å². The normalized spacial score (nSPS) is 48.6. The van der Waals surface area contributed by atoms with Gasteiger partial charge in [0, 0.05) is 12.3 Å². The second-order valence-electron chi connectivity index (χ2n) is 3.07. The Balaban J connectivity index is 2.11. The van der Waals surface area contributed by atoms with Crippen molar-refractivity contribution in [3.8, 4) is 0 Å². The van der Waals surface area contributed by atoms with Gasteiger partial charge in [-0.1, -0.05) is 6.92 Å². The van der Waals surface area contributed by atoms with Crippen molar-refractivity contribution in [1.82, 2.24) is 0 Å². The lowest BCUT2D eigenvalue weighted by atomic mass is 9.75. The summed E-state index contributed by atoms with van der Waals surface area (Å²) >= 11 is 0. The molecule has 2 aliphatic rings. The van der Waals surface area contributed by atoms with Crippen LogP contribution in [-0.2, 0) is 9.53 Å². The highest BCUT2D eigenvalue weighted by Gasteiger charge is 2.48. The zero-order valence-electron chi connectivity index (χ0n) is 5.46. The first-order chi connectivity index (χ1) is 4.29. The van der Waals surface area contributed by atoms with Crippen molar-refractivity contribution < 1.29 is 9.53 Å². The maximum Gasteiger partial charge on any atom is 0.162 e. The number of carbonyl (C=O) groups excluding carboxylic acids is 1. The quantitative estimate of drug-likeness (QED) is 0.475. The number of ketones is 1. The van der Waals surface area contributed by atoms with Crippen molar-refractivity contribution in [1.29, 1.82) is 0 Å². The minimum absolute atomic E-state index is 0.000000000000000222. The Bertz CT molecular complexity index is 153. The highest BCUT2D eigenvalue weighted by molar-refractivity contribution is 5.90. The van der Waals surface area contributed by atoms with E-state index in [0.29, 0.717) is 17.6 Å². The van der Waals surface area contributed by atoms with Gasteiger partial charge in [0.2, 0.25) is 0 Å². The second-order valence-corrected chi connectivity index (χ2v) is 3.07. The molecular formula is C7H10O2. The minimum Gasteiger partial charge on any atom is -0.370 e. The Labute approximate surface area is 54.2 Å². The Hall–Kier alpha value is -0.370. The van der Waals surface area contributed by atoms with Gasteiger partial charge in [-0.3, -0.25) is 4.79 Å². The zero-order chi connectivity index (χ0) is 6.43. The molecule has 1 heterocycles. The predicted octanol–water partition coefficient (Wildman–Crippen LogP) is 0.610. The lowest BCUT2D eigenvalue weighted by molar-refractivity contribution is -0.139. The molecule has 1 saturated carbocycles. The molecule has 0 amide bonds. The van der Waals surface area contributed by atoms with Crippen molar-refractivity contribution in [2.24, 2.45) is 11.8 Å². The van der Waals surface area contributed by atoms with Crippen LogP contribution < -0.4 is 0 Å². The summed E-state index contributed by atoms with van der Waals surface area (Å²) in [4.78, 5) is 10.7. The van der Waals surface area contributed by atoms with Crippen LogP contribution >= 0.6 is 0 Å². The molecule has 2 heteroatoms. The van der Waals surface area contributed by atoms with Gasteiger partial charge < -0.3 is 4.74 Å². The average molecular weight is 126 g/mol. The summed E-state index contributed by atoms with van der Waals surface area (Å²) in [5, 5.41) is 0. The van der Waals surface area contributed by atoms with Crippen LogP contribution in [0.2, 0.25) is 0 Å². The van der Waals surface area contributed by atoms with Crippen LogP contribution in [0, 0.1) is 11.8 Å². The van der Waals surface area contributed by atoms with Crippen LogP contribution in [0.4, 0.5) is 0 Å². The maximum atomic E-state index is 10.7. The van der Waals surface area contributed by atoms with Gasteiger partial charge in [-0.05, 0) is 5.92 Å². The molecule has 0 aromatic heterocycles. The van der Waals surface area contributed by atoms with Crippen molar-refractivity contribution >= 4 is 5.78 Å². The monoisotopic (exact) mass is 126 g/mol. The number of Topliss-reactive ketones (excluding diaryl/α,β-unsaturated/α-hetero) is 1. The van der Waals surface area contributed by atoms with E-state index in [9.17, 15) is 4.79 Å². The smallest absolute Gasteiger partial charge is 0.162 e. The van der Waals surface area contributed by atoms with E-state index in [-0.39, 0.29) is 6.10 Å². The van der Waals surface area contributed by atoms with Crippen LogP contribution in [0.15, 0.2) is 0 Å². The van der Waals surface area contributed by atoms with E-state index < -0.39 is 0 Å². The average Bonchev–Trinajstić information content (AvgIpc) is 2.07. The van der Waals surface area contributed by atoms with Crippen molar-refractivity contribution in [2.75, 3.05) is 6.61 Å². The van der Waals surface area contributed by atoms with E-state index in [1.165, 1.54) is 0 Å². The summed E-state index contributed by atoms with van der Waals surface area (Å²) in [5.41, 5.74) is 0. The fraction of sp³-hybridized carbons (Fsp3) is 0.857. The summed E-state index contributed by atoms with van der Waals surface area (Å²) in [6.45, 7) is 2.94. The van der Waals surface area contributed by atoms with E-state index in [2.05, 4.69) is 6.92 Å². The summed E-state index contributed by atoms with van der Waals surface area (Å²) in [5.74, 6) is 1.49. The number of ether oxygens (including phenoxy) is 1. The molecule has 9 heavy (non-hydrogen) atoms. The predicted molar refractivity (Wildman–Crippen MR) is 32.0 cm³/mol. The van der Waals surface area contributed by atoms with Crippen molar-refractivity contribution in [3.63, 3.8) is 0 Å². The molecule has 1 aliphatic carbocycles. The van der Waals surface area contributed by atoms with Gasteiger partial charge in [-0.25, -0.2) is 0 Å². The highest BCUT2D eigenvalue weighted by atomic mass is 16.5. The molecule has 1 saturated heterocycles. The first kappa shape index (κ1) is 5.42. The number of hydrogen-bond acceptors (Lipinski definition) is 2. The molecular weight excluding hydrogens is 116 g/mol. The van der Waals surface area contributed by atoms with Gasteiger partial charge in [0.1, 0.15) is 6.10 Å². The maximum absolute atomic E-state index is 10.7. The number of fused-ring (bicyclic) bond motifs is 1. The molecule has 0 spiro atoms. The van der Waals surface area contributed by atoms with Crippen molar-refractivity contribution in [3.05, 3.63) is 0 Å². The third-order valence-electron chi connectivity index (χ3n) is 2.41. The standard InChI is InChI=1S/C7H10O2/c1-4-3-9-7-5(4)2-6(7)8/h4-5,7H,2-3H2,1H3/t4-,5+,7-/m0/s1. The van der Waals surface area contributed by atoms with E-state index in [0.717, 1.165) is 13.0 Å². The molecule has 0 radical (unpaired) electrons. The van der Waals surface area contributed by atoms with Gasteiger partial charge in [0.25, 0.3) is 0 Å². The zero-order valence-corrected chi connectivity index (χ0v) is 5.46. The molecule has 2 nitrogen and oxygen atoms in total. The lowest BCUT2D eigenvalue weighted by Gasteiger charge is -2.28. The Morgan fingerprint density at radius 3 is 2.89 bits per heavy atom. The molecule has 0 bridgehead atoms. The van der Waals surface area contributed by atoms with Crippen LogP contribution in [0.1, 0.15) is 13.3 Å². The van der Waals surface area contributed by atoms with Crippen LogP contribution in [-0.4, -0.2) is 18.5 Å². The van der Waals surface area contributed by atoms with Gasteiger partial charge >= 0.3 is 0 Å². The van der Waals surface area contributed by atoms with Crippen LogP contribution in [0.5, 0.6) is 0 Å². The minimum atomic E-state index is -0.000000000000000222.